The highest BCUT2D eigenvalue weighted by molar-refractivity contribution is 7.92. The van der Waals surface area contributed by atoms with Gasteiger partial charge in [-0.3, -0.25) is 4.79 Å². The first kappa shape index (κ1) is 29.0. The minimum Gasteiger partial charge on any atom is -0.479 e. The molecule has 0 saturated carbocycles. The Morgan fingerprint density at radius 2 is 1.67 bits per heavy atom. The Bertz CT molecular complexity index is 1190. The third-order valence-electron chi connectivity index (χ3n) is 5.35. The number of hydrogen-bond donors (Lipinski definition) is 3. The number of carbonyl (C=O) groups excluding carboxylic acids is 2. The molecule has 0 aliphatic heterocycles. The van der Waals surface area contributed by atoms with E-state index in [4.69, 9.17) is 4.74 Å². The Morgan fingerprint density at radius 1 is 1.06 bits per heavy atom. The normalized spacial score (nSPS) is 14.1. The molecule has 0 bridgehead atoms. The van der Waals surface area contributed by atoms with Crippen molar-refractivity contribution in [1.82, 2.24) is 15.3 Å². The number of nitrogens with one attached hydrogen (secondary N) is 2. The van der Waals surface area contributed by atoms with Crippen LogP contribution in [0, 0.1) is 0 Å². The van der Waals surface area contributed by atoms with Gasteiger partial charge >= 0.3 is 11.9 Å². The number of hydrogen-bond acceptors (Lipinski definition) is 7. The van der Waals surface area contributed by atoms with E-state index in [-0.39, 0.29) is 17.9 Å². The number of sulfone groups is 1. The van der Waals surface area contributed by atoms with Gasteiger partial charge in [0.05, 0.1) is 16.2 Å². The lowest BCUT2D eigenvalue weighted by molar-refractivity contribution is -0.146. The summed E-state index contributed by atoms with van der Waals surface area (Å²) < 4.78 is 30.1. The van der Waals surface area contributed by atoms with E-state index < -0.39 is 55.7 Å². The average molecular weight is 522 g/mol. The number of ether oxygens (including phenoxy) is 1. The number of esters is 1. The molecule has 36 heavy (non-hydrogen) atoms. The standard InChI is InChI=1S/C25H35N3O7S/c1-23(2,3)35-21(30)20-26-15-18(27-20)14-25(22(31)32,16-36(33,34)24(4,5)6)28-19(29)13-12-17-10-8-7-9-11-17/h7-11,15H,12-14,16H2,1-6H3,(H,26,27)(H,28,29)(H,31,32)/t25-/m1/s1. The minimum atomic E-state index is -3.99. The lowest BCUT2D eigenvalue weighted by Crippen LogP contribution is -2.61. The first-order valence-electron chi connectivity index (χ1n) is 11.5. The quantitative estimate of drug-likeness (QED) is 0.403. The van der Waals surface area contributed by atoms with E-state index >= 15 is 0 Å². The number of aromatic amines is 1. The molecule has 0 aliphatic rings. The van der Waals surface area contributed by atoms with Gasteiger partial charge in [0.1, 0.15) is 5.60 Å². The summed E-state index contributed by atoms with van der Waals surface area (Å²) in [5, 5.41) is 12.7. The van der Waals surface area contributed by atoms with E-state index in [0.29, 0.717) is 6.42 Å². The molecule has 11 heteroatoms. The Morgan fingerprint density at radius 3 is 2.19 bits per heavy atom. The zero-order valence-corrected chi connectivity index (χ0v) is 22.4. The summed E-state index contributed by atoms with van der Waals surface area (Å²) >= 11 is 0. The Hall–Kier alpha value is -3.21. The van der Waals surface area contributed by atoms with Crippen LogP contribution >= 0.6 is 0 Å². The average Bonchev–Trinajstić information content (AvgIpc) is 3.19. The van der Waals surface area contributed by atoms with Gasteiger partial charge in [0, 0.05) is 19.0 Å². The van der Waals surface area contributed by atoms with Crippen LogP contribution in [-0.2, 0) is 37.0 Å². The van der Waals surface area contributed by atoms with Crippen molar-refractivity contribution >= 4 is 27.7 Å². The molecule has 0 saturated heterocycles. The molecule has 2 rings (SSSR count). The van der Waals surface area contributed by atoms with Crippen LogP contribution in [-0.4, -0.2) is 63.0 Å². The number of imidazole rings is 1. The van der Waals surface area contributed by atoms with Crippen LogP contribution in [0.2, 0.25) is 0 Å². The summed E-state index contributed by atoms with van der Waals surface area (Å²) in [6.07, 6.45) is 1.14. The van der Waals surface area contributed by atoms with E-state index in [1.807, 2.05) is 30.3 Å². The fourth-order valence-electron chi connectivity index (χ4n) is 3.29. The maximum Gasteiger partial charge on any atom is 0.374 e. The van der Waals surface area contributed by atoms with Gasteiger partial charge in [-0.15, -0.1) is 0 Å². The van der Waals surface area contributed by atoms with E-state index in [1.54, 1.807) is 20.8 Å². The van der Waals surface area contributed by atoms with Gasteiger partial charge in [-0.2, -0.15) is 0 Å². The van der Waals surface area contributed by atoms with E-state index in [2.05, 4.69) is 15.3 Å². The largest absolute Gasteiger partial charge is 0.479 e. The Kier molecular flexibility index (Phi) is 8.72. The molecule has 3 N–H and O–H groups in total. The number of nitrogens with zero attached hydrogens (tertiary/aromatic N) is 1. The van der Waals surface area contributed by atoms with Crippen LogP contribution in [0.25, 0.3) is 0 Å². The number of carboxylic acid groups (broad SMARTS) is 1. The molecule has 0 spiro atoms. The molecule has 1 aromatic heterocycles. The number of rotatable bonds is 10. The van der Waals surface area contributed by atoms with Crippen molar-refractivity contribution in [3.63, 3.8) is 0 Å². The smallest absolute Gasteiger partial charge is 0.374 e. The van der Waals surface area contributed by atoms with Gasteiger partial charge in [-0.05, 0) is 53.5 Å². The molecule has 2 aromatic rings. The molecule has 0 fully saturated rings. The molecule has 198 valence electrons. The van der Waals surface area contributed by atoms with Gasteiger partial charge in [0.25, 0.3) is 0 Å². The SMILES string of the molecule is CC(C)(C)OC(=O)c1nc(C[C@](CS(=O)(=O)C(C)(C)C)(NC(=O)CCc2ccccc2)C(=O)O)c[nH]1. The zero-order chi connectivity index (χ0) is 27.4. The minimum absolute atomic E-state index is 0.0433. The molecular formula is C25H35N3O7S. The maximum atomic E-state index is 13.1. The van der Waals surface area contributed by atoms with Crippen LogP contribution in [0.15, 0.2) is 36.5 Å². The fraction of sp³-hybridized carbons (Fsp3) is 0.520. The van der Waals surface area contributed by atoms with Crippen LogP contribution in [0.5, 0.6) is 0 Å². The highest BCUT2D eigenvalue weighted by atomic mass is 32.2. The first-order valence-corrected chi connectivity index (χ1v) is 13.2. The second-order valence-electron chi connectivity index (χ2n) is 10.7. The van der Waals surface area contributed by atoms with Crippen molar-refractivity contribution in [2.45, 2.75) is 76.7 Å². The van der Waals surface area contributed by atoms with Gasteiger partial charge in [-0.25, -0.2) is 23.0 Å². The summed E-state index contributed by atoms with van der Waals surface area (Å²) in [7, 11) is -3.99. The number of aryl methyl sites for hydroxylation is 1. The van der Waals surface area contributed by atoms with Crippen molar-refractivity contribution in [1.29, 1.82) is 0 Å². The number of aliphatic carboxylic acids is 1. The number of carbonyl (C=O) groups is 3. The topological polar surface area (TPSA) is 156 Å². The lowest BCUT2D eigenvalue weighted by atomic mass is 9.95. The van der Waals surface area contributed by atoms with Crippen molar-refractivity contribution < 1.29 is 32.6 Å². The number of carboxylic acids is 1. The van der Waals surface area contributed by atoms with Crippen LogP contribution < -0.4 is 5.32 Å². The zero-order valence-electron chi connectivity index (χ0n) is 21.5. The van der Waals surface area contributed by atoms with Gasteiger partial charge < -0.3 is 20.1 Å². The van der Waals surface area contributed by atoms with Crippen molar-refractivity contribution in [3.05, 3.63) is 53.6 Å². The van der Waals surface area contributed by atoms with Crippen LogP contribution in [0.3, 0.4) is 0 Å². The lowest BCUT2D eigenvalue weighted by Gasteiger charge is -2.32. The molecule has 1 heterocycles. The summed E-state index contributed by atoms with van der Waals surface area (Å²) in [5.41, 5.74) is -2.02. The molecule has 0 radical (unpaired) electrons. The van der Waals surface area contributed by atoms with E-state index in [9.17, 15) is 27.9 Å². The predicted octanol–water partition coefficient (Wildman–Crippen LogP) is 2.69. The van der Waals surface area contributed by atoms with Crippen molar-refractivity contribution in [2.75, 3.05) is 5.75 Å². The van der Waals surface area contributed by atoms with Crippen molar-refractivity contribution in [3.8, 4) is 0 Å². The molecule has 0 aliphatic carbocycles. The maximum absolute atomic E-state index is 13.1. The molecule has 10 nitrogen and oxygen atoms in total. The second-order valence-corrected chi connectivity index (χ2v) is 13.5. The van der Waals surface area contributed by atoms with Crippen LogP contribution in [0.1, 0.15) is 69.8 Å². The number of H-pyrrole nitrogens is 1. The summed E-state index contributed by atoms with van der Waals surface area (Å²) in [6, 6.07) is 9.16. The van der Waals surface area contributed by atoms with Crippen LogP contribution in [0.4, 0.5) is 0 Å². The summed E-state index contributed by atoms with van der Waals surface area (Å²) in [4.78, 5) is 44.5. The highest BCUT2D eigenvalue weighted by Gasteiger charge is 2.47. The third-order valence-corrected chi connectivity index (χ3v) is 8.09. The molecule has 0 unspecified atom stereocenters. The molecular weight excluding hydrogens is 486 g/mol. The Labute approximate surface area is 211 Å². The van der Waals surface area contributed by atoms with E-state index in [0.717, 1.165) is 5.56 Å². The molecule has 1 amide bonds. The van der Waals surface area contributed by atoms with E-state index in [1.165, 1.54) is 27.0 Å². The van der Waals surface area contributed by atoms with Crippen molar-refractivity contribution in [2.24, 2.45) is 0 Å². The van der Waals surface area contributed by atoms with Gasteiger partial charge in [0.15, 0.2) is 15.4 Å². The molecule has 1 aromatic carbocycles. The second kappa shape index (κ2) is 10.8. The van der Waals surface area contributed by atoms with Gasteiger partial charge in [-0.1, -0.05) is 30.3 Å². The Balaban J connectivity index is 2.37. The summed E-state index contributed by atoms with van der Waals surface area (Å²) in [6.45, 7) is 9.44. The fourth-order valence-corrected chi connectivity index (χ4v) is 4.66. The monoisotopic (exact) mass is 521 g/mol. The number of aromatic nitrogens is 2. The number of benzene rings is 1. The summed E-state index contributed by atoms with van der Waals surface area (Å²) in [5.74, 6) is -3.90. The predicted molar refractivity (Wildman–Crippen MR) is 134 cm³/mol. The molecule has 1 atom stereocenters. The number of amides is 1. The van der Waals surface area contributed by atoms with Gasteiger partial charge in [0.2, 0.25) is 11.7 Å². The third kappa shape index (κ3) is 7.91. The first-order chi connectivity index (χ1) is 16.4. The highest BCUT2D eigenvalue weighted by Crippen LogP contribution is 2.25.